The number of urea groups is 1. The third kappa shape index (κ3) is 3.21. The van der Waals surface area contributed by atoms with Gasteiger partial charge in [0, 0.05) is 29.1 Å². The zero-order chi connectivity index (χ0) is 26.0. The van der Waals surface area contributed by atoms with Crippen LogP contribution >= 0.6 is 0 Å². The Bertz CT molecular complexity index is 1630. The summed E-state index contributed by atoms with van der Waals surface area (Å²) in [5, 5.41) is 1.02. The number of imide groups is 1. The number of H-pyrrole nitrogens is 1. The van der Waals surface area contributed by atoms with Crippen LogP contribution in [0.25, 0.3) is 10.9 Å². The fourth-order valence-corrected chi connectivity index (χ4v) is 5.75. The van der Waals surface area contributed by atoms with Crippen LogP contribution in [0.2, 0.25) is 0 Å². The van der Waals surface area contributed by atoms with Crippen LogP contribution in [0.3, 0.4) is 0 Å². The molecule has 0 radical (unpaired) electrons. The molecule has 3 amide bonds. The van der Waals surface area contributed by atoms with E-state index >= 15 is 0 Å². The van der Waals surface area contributed by atoms with Gasteiger partial charge in [-0.25, -0.2) is 14.5 Å². The Balaban J connectivity index is 1.35. The number of hydrogen-bond donors (Lipinski definition) is 1. The fourth-order valence-electron chi connectivity index (χ4n) is 5.75. The number of rotatable bonds is 3. The molecule has 0 saturated carbocycles. The highest BCUT2D eigenvalue weighted by Gasteiger charge is 2.53. The van der Waals surface area contributed by atoms with E-state index in [1.54, 1.807) is 47.4 Å². The average Bonchev–Trinajstić information content (AvgIpc) is 3.45. The maximum atomic E-state index is 14.0. The summed E-state index contributed by atoms with van der Waals surface area (Å²) in [5.74, 6) is 0.354. The Kier molecular flexibility index (Phi) is 4.94. The number of nitrogens with zero attached hydrogens (tertiary/aromatic N) is 2. The molecule has 0 bridgehead atoms. The van der Waals surface area contributed by atoms with E-state index in [1.807, 2.05) is 24.3 Å². The van der Waals surface area contributed by atoms with Crippen LogP contribution in [0.5, 0.6) is 11.5 Å². The lowest BCUT2D eigenvalue weighted by molar-refractivity contribution is -0.120. The van der Waals surface area contributed by atoms with Crippen molar-refractivity contribution in [3.63, 3.8) is 0 Å². The third-order valence-corrected chi connectivity index (χ3v) is 7.48. The number of aromatic amines is 1. The van der Waals surface area contributed by atoms with E-state index in [1.165, 1.54) is 12.0 Å². The Morgan fingerprint density at radius 3 is 2.53 bits per heavy atom. The van der Waals surface area contributed by atoms with Crippen molar-refractivity contribution in [2.24, 2.45) is 0 Å². The quantitative estimate of drug-likeness (QED) is 0.328. The third-order valence-electron chi connectivity index (χ3n) is 7.48. The molecule has 1 N–H and O–H groups in total. The van der Waals surface area contributed by atoms with Crippen molar-refractivity contribution in [3.8, 4) is 11.5 Å². The van der Waals surface area contributed by atoms with Crippen molar-refractivity contribution < 1.29 is 28.6 Å². The molecule has 0 spiro atoms. The van der Waals surface area contributed by atoms with Crippen LogP contribution in [0.1, 0.15) is 33.2 Å². The number of hydrogen-bond acceptors (Lipinski definition) is 6. The first-order chi connectivity index (χ1) is 18.5. The van der Waals surface area contributed by atoms with E-state index in [4.69, 9.17) is 14.2 Å². The van der Waals surface area contributed by atoms with E-state index in [0.29, 0.717) is 42.4 Å². The first-order valence-corrected chi connectivity index (χ1v) is 12.4. The van der Waals surface area contributed by atoms with Gasteiger partial charge in [0.25, 0.3) is 5.91 Å². The molecule has 7 rings (SSSR count). The fraction of sp³-hybridized carbons (Fsp3) is 0.207. The van der Waals surface area contributed by atoms with Crippen LogP contribution < -0.4 is 14.4 Å². The maximum absolute atomic E-state index is 14.0. The molecule has 1 aromatic heterocycles. The van der Waals surface area contributed by atoms with Gasteiger partial charge in [0.15, 0.2) is 11.5 Å². The van der Waals surface area contributed by atoms with Gasteiger partial charge in [0.2, 0.25) is 0 Å². The lowest BCUT2D eigenvalue weighted by atomic mass is 9.88. The van der Waals surface area contributed by atoms with Gasteiger partial charge >= 0.3 is 12.0 Å². The van der Waals surface area contributed by atoms with Crippen LogP contribution in [0.4, 0.5) is 10.5 Å². The van der Waals surface area contributed by atoms with E-state index in [0.717, 1.165) is 27.7 Å². The molecule has 1 unspecified atom stereocenters. The average molecular weight is 510 g/mol. The SMILES string of the molecule is COC(=O)c1ccc(C2c3[nH]c4ccccc4c3C[C@@H]3C(=O)N(c4ccc5c(c4)OCCO5)C(=O)N23)cc1. The van der Waals surface area contributed by atoms with Gasteiger partial charge in [0.05, 0.1) is 18.4 Å². The van der Waals surface area contributed by atoms with Gasteiger partial charge in [-0.05, 0) is 41.5 Å². The summed E-state index contributed by atoms with van der Waals surface area (Å²) in [7, 11) is 1.33. The molecule has 38 heavy (non-hydrogen) atoms. The molecule has 2 atom stereocenters. The summed E-state index contributed by atoms with van der Waals surface area (Å²) in [6.45, 7) is 0.852. The topological polar surface area (TPSA) is 101 Å². The normalized spacial score (nSPS) is 19.9. The predicted octanol–water partition coefficient (Wildman–Crippen LogP) is 4.21. The van der Waals surface area contributed by atoms with Gasteiger partial charge in [0.1, 0.15) is 25.3 Å². The summed E-state index contributed by atoms with van der Waals surface area (Å²) in [5.41, 5.74) is 4.43. The number of carbonyl (C=O) groups excluding carboxylic acids is 3. The summed E-state index contributed by atoms with van der Waals surface area (Å²) < 4.78 is 16.2. The summed E-state index contributed by atoms with van der Waals surface area (Å²) in [6, 6.07) is 18.3. The molecular weight excluding hydrogens is 486 g/mol. The minimum atomic E-state index is -0.687. The lowest BCUT2D eigenvalue weighted by Gasteiger charge is -2.36. The first-order valence-electron chi connectivity index (χ1n) is 12.4. The molecule has 3 aliphatic rings. The highest BCUT2D eigenvalue weighted by atomic mass is 16.6. The summed E-state index contributed by atoms with van der Waals surface area (Å²) >= 11 is 0. The number of nitrogens with one attached hydrogen (secondary N) is 1. The van der Waals surface area contributed by atoms with Crippen molar-refractivity contribution in [3.05, 3.63) is 89.1 Å². The zero-order valence-corrected chi connectivity index (χ0v) is 20.5. The van der Waals surface area contributed by atoms with Gasteiger partial charge in [-0.1, -0.05) is 30.3 Å². The second kappa shape index (κ2) is 8.37. The van der Waals surface area contributed by atoms with Gasteiger partial charge < -0.3 is 19.2 Å². The number of para-hydroxylation sites is 1. The van der Waals surface area contributed by atoms with E-state index in [2.05, 4.69) is 4.98 Å². The molecule has 1 fully saturated rings. The number of anilines is 1. The molecule has 0 aliphatic carbocycles. The van der Waals surface area contributed by atoms with Gasteiger partial charge in [-0.2, -0.15) is 0 Å². The second-order valence-electron chi connectivity index (χ2n) is 9.49. The maximum Gasteiger partial charge on any atom is 0.337 e. The molecule has 4 aromatic rings. The predicted molar refractivity (Wildman–Crippen MR) is 138 cm³/mol. The molecular formula is C29H23N3O6. The standard InChI is InChI=1S/C29H23N3O6/c1-36-28(34)17-8-6-16(7-9-17)26-25-20(19-4-2-3-5-21(19)30-25)15-22-27(33)31(29(35)32(22)26)18-10-11-23-24(14-18)38-13-12-37-23/h2-11,14,22,26,30H,12-13,15H2,1H3/t22-,26?/m1/s1. The van der Waals surface area contributed by atoms with Crippen LogP contribution in [0, 0.1) is 0 Å². The van der Waals surface area contributed by atoms with Crippen molar-refractivity contribution in [1.82, 2.24) is 9.88 Å². The zero-order valence-electron chi connectivity index (χ0n) is 20.5. The molecule has 4 heterocycles. The molecule has 9 nitrogen and oxygen atoms in total. The molecule has 3 aromatic carbocycles. The highest BCUT2D eigenvalue weighted by molar-refractivity contribution is 6.22. The summed E-state index contributed by atoms with van der Waals surface area (Å²) in [6.07, 6.45) is 0.391. The number of carbonyl (C=O) groups is 3. The Morgan fingerprint density at radius 2 is 1.74 bits per heavy atom. The highest BCUT2D eigenvalue weighted by Crippen LogP contribution is 2.45. The smallest absolute Gasteiger partial charge is 0.337 e. The van der Waals surface area contributed by atoms with Crippen molar-refractivity contribution in [2.75, 3.05) is 25.2 Å². The van der Waals surface area contributed by atoms with E-state index in [9.17, 15) is 14.4 Å². The molecule has 9 heteroatoms. The van der Waals surface area contributed by atoms with E-state index in [-0.39, 0.29) is 5.91 Å². The number of esters is 1. The minimum absolute atomic E-state index is 0.293. The number of benzene rings is 3. The minimum Gasteiger partial charge on any atom is -0.486 e. The largest absolute Gasteiger partial charge is 0.486 e. The number of aromatic nitrogens is 1. The second-order valence-corrected chi connectivity index (χ2v) is 9.49. The van der Waals surface area contributed by atoms with Crippen LogP contribution in [0.15, 0.2) is 66.7 Å². The molecule has 1 saturated heterocycles. The van der Waals surface area contributed by atoms with Crippen molar-refractivity contribution >= 4 is 34.5 Å². The Hall–Kier alpha value is -4.79. The molecule has 3 aliphatic heterocycles. The van der Waals surface area contributed by atoms with E-state index < -0.39 is 24.1 Å². The van der Waals surface area contributed by atoms with Crippen LogP contribution in [-0.2, 0) is 16.0 Å². The molecule has 190 valence electrons. The number of fused-ring (bicyclic) bond motifs is 5. The monoisotopic (exact) mass is 509 g/mol. The Morgan fingerprint density at radius 1 is 0.974 bits per heavy atom. The summed E-state index contributed by atoms with van der Waals surface area (Å²) in [4.78, 5) is 46.3. The number of ether oxygens (including phenoxy) is 3. The van der Waals surface area contributed by atoms with Crippen molar-refractivity contribution in [1.29, 1.82) is 0 Å². The van der Waals surface area contributed by atoms with Gasteiger partial charge in [-0.3, -0.25) is 9.69 Å². The lowest BCUT2D eigenvalue weighted by Crippen LogP contribution is -2.44. The first kappa shape index (κ1) is 22.4. The number of amides is 3. The van der Waals surface area contributed by atoms with Crippen molar-refractivity contribution in [2.45, 2.75) is 18.5 Å². The Labute approximate surface area is 217 Å². The van der Waals surface area contributed by atoms with Crippen LogP contribution in [-0.4, -0.2) is 54.2 Å². The number of methoxy groups -OCH3 is 1. The van der Waals surface area contributed by atoms with Gasteiger partial charge in [-0.15, -0.1) is 0 Å².